The average Bonchev–Trinajstić information content (AvgIpc) is 3.72. The molecule has 2 aliphatic heterocycles. The Bertz CT molecular complexity index is 866. The number of amides is 3. The largest absolute Gasteiger partial charge is 1.00 e. The molecule has 2 aliphatic rings. The van der Waals surface area contributed by atoms with Crippen LogP contribution in [-0.2, 0) is 61.7 Å². The molecule has 54 heavy (non-hydrogen) atoms. The zero-order valence-electron chi connectivity index (χ0n) is 31.9. The number of hydrogen-bond donors (Lipinski definition) is 4. The number of halogens is 1. The van der Waals surface area contributed by atoms with Gasteiger partial charge >= 0.3 is 6.03 Å². The van der Waals surface area contributed by atoms with E-state index in [0.29, 0.717) is 170 Å². The van der Waals surface area contributed by atoms with Gasteiger partial charge in [0.2, 0.25) is 5.91 Å². The molecular formula is C34H67ClN4O14S. The molecule has 2 heterocycles. The van der Waals surface area contributed by atoms with Crippen molar-refractivity contribution in [3.8, 4) is 0 Å². The number of urea groups is 1. The highest BCUT2D eigenvalue weighted by molar-refractivity contribution is 8.00. The quantitative estimate of drug-likeness (QED) is 0.0265. The molecule has 0 spiro atoms. The smallest absolute Gasteiger partial charge is 0.315 e. The Morgan fingerprint density at radius 2 is 0.944 bits per heavy atom. The first-order valence-electron chi connectivity index (χ1n) is 18.9. The monoisotopic (exact) mass is 822 g/mol. The fourth-order valence-corrected chi connectivity index (χ4v) is 6.59. The molecule has 6 N–H and O–H groups in total. The van der Waals surface area contributed by atoms with E-state index >= 15 is 0 Å². The zero-order chi connectivity index (χ0) is 37.7. The molecule has 0 radical (unpaired) electrons. The Morgan fingerprint density at radius 1 is 0.574 bits per heavy atom. The van der Waals surface area contributed by atoms with Gasteiger partial charge in [-0.3, -0.25) is 4.79 Å². The lowest BCUT2D eigenvalue weighted by molar-refractivity contribution is -0.689. The van der Waals surface area contributed by atoms with Crippen LogP contribution in [-0.4, -0.2) is 194 Å². The molecule has 20 heteroatoms. The first kappa shape index (κ1) is 50.9. The van der Waals surface area contributed by atoms with Crippen LogP contribution in [0, 0.1) is 0 Å². The fraction of sp³-hybridized carbons (Fsp3) is 0.941. The number of quaternary nitrogens is 1. The van der Waals surface area contributed by atoms with Gasteiger partial charge in [0.25, 0.3) is 0 Å². The van der Waals surface area contributed by atoms with Crippen molar-refractivity contribution in [1.82, 2.24) is 16.0 Å². The van der Waals surface area contributed by atoms with Gasteiger partial charge in [-0.2, -0.15) is 11.8 Å². The molecule has 0 aliphatic carbocycles. The first-order valence-corrected chi connectivity index (χ1v) is 19.9. The van der Waals surface area contributed by atoms with Crippen molar-refractivity contribution in [3.05, 3.63) is 0 Å². The van der Waals surface area contributed by atoms with Crippen LogP contribution < -0.4 is 34.3 Å². The summed E-state index contributed by atoms with van der Waals surface area (Å²) in [7, 11) is 0. The van der Waals surface area contributed by atoms with E-state index in [-0.39, 0.29) is 36.4 Å². The third-order valence-electron chi connectivity index (χ3n) is 7.74. The number of carbonyl (C=O) groups is 2. The van der Waals surface area contributed by atoms with Gasteiger partial charge in [0.15, 0.2) is 0 Å². The summed E-state index contributed by atoms with van der Waals surface area (Å²) < 4.78 is 60.0. The predicted octanol–water partition coefficient (Wildman–Crippen LogP) is -3.81. The van der Waals surface area contributed by atoms with E-state index in [1.54, 1.807) is 0 Å². The van der Waals surface area contributed by atoms with Gasteiger partial charge < -0.3 is 80.5 Å². The summed E-state index contributed by atoms with van der Waals surface area (Å²) in [6, 6.07) is 0.406. The lowest BCUT2D eigenvalue weighted by atomic mass is 10.0. The minimum atomic E-state index is -0.0610. The molecule has 2 saturated heterocycles. The number of fused-ring (bicyclic) bond motifs is 1. The van der Waals surface area contributed by atoms with Crippen LogP contribution in [0.4, 0.5) is 4.79 Å². The molecule has 0 aromatic heterocycles. The topological polar surface area (TPSA) is 209 Å². The van der Waals surface area contributed by atoms with Gasteiger partial charge in [0, 0.05) is 24.0 Å². The highest BCUT2D eigenvalue weighted by Crippen LogP contribution is 2.33. The van der Waals surface area contributed by atoms with Gasteiger partial charge in [0.1, 0.15) is 6.61 Å². The molecular weight excluding hydrogens is 756 g/mol. The van der Waals surface area contributed by atoms with Crippen molar-refractivity contribution in [2.24, 2.45) is 0 Å². The third-order valence-corrected chi connectivity index (χ3v) is 9.25. The summed E-state index contributed by atoms with van der Waals surface area (Å²) in [6.07, 6.45) is 3.33. The Balaban J connectivity index is 0.0000146. The van der Waals surface area contributed by atoms with Crippen molar-refractivity contribution in [2.75, 3.05) is 164 Å². The molecule has 0 aromatic rings. The number of ether oxygens (including phenoxy) is 11. The summed E-state index contributed by atoms with van der Waals surface area (Å²) in [6.45, 7) is 11.8. The predicted molar refractivity (Wildman–Crippen MR) is 195 cm³/mol. The standard InChI is InChI=1S/C34H66N4O14S.ClH/c35-52-28-27-51-26-25-50-24-23-49-22-21-48-20-19-47-18-17-46-16-15-45-14-13-44-12-11-43-10-9-42-8-7-41-6-5-36-32(39)4-2-1-3-31-33-30(29-53-31)37-34(40)38-33;/h30-31,33H,1-29H2,35H3,(H2-,36,37,38,39,40);1H. The van der Waals surface area contributed by atoms with Crippen molar-refractivity contribution in [3.63, 3.8) is 0 Å². The summed E-state index contributed by atoms with van der Waals surface area (Å²) in [4.78, 5) is 28.1. The third kappa shape index (κ3) is 30.1. The van der Waals surface area contributed by atoms with E-state index in [0.717, 1.165) is 25.0 Å². The minimum Gasteiger partial charge on any atom is -1.00 e. The van der Waals surface area contributed by atoms with Crippen molar-refractivity contribution in [1.29, 1.82) is 0 Å². The molecule has 18 nitrogen and oxygen atoms in total. The van der Waals surface area contributed by atoms with Gasteiger partial charge in [-0.1, -0.05) is 6.42 Å². The van der Waals surface area contributed by atoms with E-state index in [1.165, 1.54) is 0 Å². The molecule has 3 unspecified atom stereocenters. The fourth-order valence-electron chi connectivity index (χ4n) is 5.04. The number of carbonyl (C=O) groups excluding carboxylic acids is 2. The summed E-state index contributed by atoms with van der Waals surface area (Å²) in [5, 5.41) is 9.28. The molecule has 0 saturated carbocycles. The lowest BCUT2D eigenvalue weighted by Crippen LogP contribution is -3.00. The van der Waals surface area contributed by atoms with E-state index in [1.807, 2.05) is 11.8 Å². The minimum absolute atomic E-state index is 0. The van der Waals surface area contributed by atoms with Crippen LogP contribution in [0.15, 0.2) is 0 Å². The molecule has 2 fully saturated rings. The maximum Gasteiger partial charge on any atom is 0.315 e. The van der Waals surface area contributed by atoms with Gasteiger partial charge in [0.05, 0.1) is 157 Å². The summed E-state index contributed by atoms with van der Waals surface area (Å²) in [5.41, 5.74) is 0. The number of nitrogens with one attached hydrogen (secondary N) is 3. The summed E-state index contributed by atoms with van der Waals surface area (Å²) in [5.74, 6) is 4.27. The first-order chi connectivity index (χ1) is 26.2. The number of thioether (sulfide) groups is 1. The van der Waals surface area contributed by atoms with Crippen LogP contribution in [0.25, 0.3) is 0 Å². The maximum atomic E-state index is 12.0. The zero-order valence-corrected chi connectivity index (χ0v) is 33.5. The number of rotatable bonds is 41. The van der Waals surface area contributed by atoms with Crippen LogP contribution in [0.1, 0.15) is 25.7 Å². The molecule has 2 rings (SSSR count). The second-order valence-electron chi connectivity index (χ2n) is 11.9. The highest BCUT2D eigenvalue weighted by atomic mass is 35.5. The van der Waals surface area contributed by atoms with Gasteiger partial charge in [-0.05, 0) is 12.8 Å². The van der Waals surface area contributed by atoms with Crippen molar-refractivity contribution >= 4 is 23.7 Å². The van der Waals surface area contributed by atoms with Crippen LogP contribution >= 0.6 is 11.8 Å². The second kappa shape index (κ2) is 38.7. The van der Waals surface area contributed by atoms with Gasteiger partial charge in [-0.25, -0.2) is 15.5 Å². The molecule has 0 aromatic carbocycles. The Kier molecular flexibility index (Phi) is 36.5. The van der Waals surface area contributed by atoms with E-state index in [4.69, 9.17) is 52.1 Å². The summed E-state index contributed by atoms with van der Waals surface area (Å²) >= 11 is 1.90. The van der Waals surface area contributed by atoms with Crippen molar-refractivity contribution in [2.45, 2.75) is 43.0 Å². The normalized spacial score (nSPS) is 17.6. The van der Waals surface area contributed by atoms with E-state index in [2.05, 4.69) is 26.7 Å². The average molecular weight is 823 g/mol. The number of unbranched alkanes of at least 4 members (excludes halogenated alkanes) is 1. The van der Waals surface area contributed by atoms with Crippen LogP contribution in [0.5, 0.6) is 0 Å². The van der Waals surface area contributed by atoms with E-state index < -0.39 is 0 Å². The Morgan fingerprint density at radius 3 is 1.33 bits per heavy atom. The highest BCUT2D eigenvalue weighted by Gasteiger charge is 2.42. The van der Waals surface area contributed by atoms with E-state index in [9.17, 15) is 9.59 Å². The van der Waals surface area contributed by atoms with Crippen molar-refractivity contribution < 1.29 is 84.8 Å². The Hall–Kier alpha value is -1.14. The SMILES string of the molecule is [Cl-].[NH3+]OCCOCCOCCOCCOCCOCCOCCOCCOCCOCCOCCOCCNC(=O)CCCCC1SCC2NC(=O)NC21. The molecule has 320 valence electrons. The molecule has 0 bridgehead atoms. The molecule has 3 atom stereocenters. The Labute approximate surface area is 331 Å². The van der Waals surface area contributed by atoms with Crippen LogP contribution in [0.2, 0.25) is 0 Å². The van der Waals surface area contributed by atoms with Crippen LogP contribution in [0.3, 0.4) is 0 Å². The van der Waals surface area contributed by atoms with Gasteiger partial charge in [-0.15, -0.1) is 0 Å². The number of hydrogen-bond acceptors (Lipinski definition) is 15. The lowest BCUT2D eigenvalue weighted by Gasteiger charge is -2.16. The molecule has 3 amide bonds. The second-order valence-corrected chi connectivity index (χ2v) is 13.1. The maximum absolute atomic E-state index is 12.0.